The van der Waals surface area contributed by atoms with Crippen molar-refractivity contribution in [3.05, 3.63) is 34.9 Å². The number of halogens is 1. The van der Waals surface area contributed by atoms with Crippen LogP contribution in [0.2, 0.25) is 5.02 Å². The van der Waals surface area contributed by atoms with Crippen molar-refractivity contribution < 1.29 is 4.79 Å². The molecule has 0 radical (unpaired) electrons. The monoisotopic (exact) mass is 268 g/mol. The molecule has 0 fully saturated rings. The van der Waals surface area contributed by atoms with Crippen molar-refractivity contribution in [3.8, 4) is 0 Å². The lowest BCUT2D eigenvalue weighted by molar-refractivity contribution is 0.0860. The second kappa shape index (κ2) is 5.56. The number of rotatable bonds is 2. The molecule has 1 aliphatic rings. The van der Waals surface area contributed by atoms with E-state index in [0.717, 1.165) is 10.9 Å². The van der Waals surface area contributed by atoms with E-state index in [0.29, 0.717) is 23.7 Å². The standard InChI is InChI=1S/C12H13ClN2OS/c1-2-17-12-14-7-8-15(12)11(16)9-3-5-10(13)6-4-9/h3-6H,2,7-8H2,1H3. The summed E-state index contributed by atoms with van der Waals surface area (Å²) in [5, 5.41) is 1.47. The first-order valence-electron chi connectivity index (χ1n) is 5.47. The molecule has 0 spiro atoms. The number of thioether (sulfide) groups is 1. The highest BCUT2D eigenvalue weighted by Gasteiger charge is 2.24. The number of carbonyl (C=O) groups excluding carboxylic acids is 1. The van der Waals surface area contributed by atoms with Gasteiger partial charge in [-0.15, -0.1) is 0 Å². The topological polar surface area (TPSA) is 32.7 Å². The van der Waals surface area contributed by atoms with Gasteiger partial charge in [-0.05, 0) is 30.0 Å². The van der Waals surface area contributed by atoms with Gasteiger partial charge in [0.2, 0.25) is 0 Å². The Balaban J connectivity index is 2.15. The van der Waals surface area contributed by atoms with E-state index in [4.69, 9.17) is 11.6 Å². The molecular formula is C12H13ClN2OS. The molecule has 1 amide bonds. The molecular weight excluding hydrogens is 256 g/mol. The highest BCUT2D eigenvalue weighted by Crippen LogP contribution is 2.18. The molecule has 2 rings (SSSR count). The average molecular weight is 269 g/mol. The first-order chi connectivity index (χ1) is 8.22. The van der Waals surface area contributed by atoms with Gasteiger partial charge in [0.15, 0.2) is 5.17 Å². The molecule has 17 heavy (non-hydrogen) atoms. The van der Waals surface area contributed by atoms with Gasteiger partial charge in [0.1, 0.15) is 0 Å². The Morgan fingerprint density at radius 1 is 1.47 bits per heavy atom. The maximum atomic E-state index is 12.2. The zero-order valence-electron chi connectivity index (χ0n) is 9.52. The predicted octanol–water partition coefficient (Wildman–Crippen LogP) is 2.90. The number of amides is 1. The van der Waals surface area contributed by atoms with Crippen molar-refractivity contribution in [2.45, 2.75) is 6.92 Å². The Morgan fingerprint density at radius 2 is 2.18 bits per heavy atom. The van der Waals surface area contributed by atoms with E-state index in [-0.39, 0.29) is 5.91 Å². The Labute approximate surface area is 110 Å². The minimum absolute atomic E-state index is 0.00105. The van der Waals surface area contributed by atoms with Gasteiger partial charge >= 0.3 is 0 Å². The number of nitrogens with zero attached hydrogens (tertiary/aromatic N) is 2. The fraction of sp³-hybridized carbons (Fsp3) is 0.333. The zero-order valence-corrected chi connectivity index (χ0v) is 11.1. The second-order valence-corrected chi connectivity index (χ2v) is 5.23. The fourth-order valence-corrected chi connectivity index (χ4v) is 2.51. The minimum Gasteiger partial charge on any atom is -0.286 e. The molecule has 0 bridgehead atoms. The summed E-state index contributed by atoms with van der Waals surface area (Å²) in [5.74, 6) is 0.919. The summed E-state index contributed by atoms with van der Waals surface area (Å²) in [7, 11) is 0. The molecule has 1 aromatic rings. The number of amidine groups is 1. The fourth-order valence-electron chi connectivity index (χ4n) is 1.62. The van der Waals surface area contributed by atoms with Gasteiger partial charge in [-0.1, -0.05) is 30.3 Å². The van der Waals surface area contributed by atoms with Crippen molar-refractivity contribution >= 4 is 34.4 Å². The molecule has 1 heterocycles. The molecule has 0 aromatic heterocycles. The van der Waals surface area contributed by atoms with Gasteiger partial charge in [-0.25, -0.2) is 0 Å². The SMILES string of the molecule is CCSC1=NCCN1C(=O)c1ccc(Cl)cc1. The predicted molar refractivity (Wildman–Crippen MR) is 72.9 cm³/mol. The summed E-state index contributed by atoms with van der Waals surface area (Å²) in [4.78, 5) is 18.3. The van der Waals surface area contributed by atoms with Crippen LogP contribution in [0.25, 0.3) is 0 Å². The van der Waals surface area contributed by atoms with E-state index < -0.39 is 0 Å². The molecule has 0 unspecified atom stereocenters. The Bertz CT molecular complexity index is 444. The van der Waals surface area contributed by atoms with E-state index in [1.54, 1.807) is 40.9 Å². The van der Waals surface area contributed by atoms with Gasteiger partial charge in [0.25, 0.3) is 5.91 Å². The maximum absolute atomic E-state index is 12.2. The average Bonchev–Trinajstić information content (AvgIpc) is 2.78. The first kappa shape index (κ1) is 12.5. The molecule has 90 valence electrons. The summed E-state index contributed by atoms with van der Waals surface area (Å²) in [6.07, 6.45) is 0. The van der Waals surface area contributed by atoms with Crippen molar-refractivity contribution in [1.82, 2.24) is 4.90 Å². The van der Waals surface area contributed by atoms with Crippen molar-refractivity contribution in [2.75, 3.05) is 18.8 Å². The van der Waals surface area contributed by atoms with Gasteiger partial charge in [0.05, 0.1) is 6.54 Å². The lowest BCUT2D eigenvalue weighted by atomic mass is 10.2. The van der Waals surface area contributed by atoms with E-state index in [2.05, 4.69) is 11.9 Å². The third-order valence-corrected chi connectivity index (χ3v) is 3.56. The highest BCUT2D eigenvalue weighted by atomic mass is 35.5. The summed E-state index contributed by atoms with van der Waals surface area (Å²) in [6.45, 7) is 3.42. The maximum Gasteiger partial charge on any atom is 0.259 e. The van der Waals surface area contributed by atoms with E-state index in [1.807, 2.05) is 0 Å². The third kappa shape index (κ3) is 2.82. The lowest BCUT2D eigenvalue weighted by Gasteiger charge is -2.17. The third-order valence-electron chi connectivity index (χ3n) is 2.41. The summed E-state index contributed by atoms with van der Waals surface area (Å²) < 4.78 is 0. The van der Waals surface area contributed by atoms with Crippen LogP contribution in [0.3, 0.4) is 0 Å². The first-order valence-corrected chi connectivity index (χ1v) is 6.83. The van der Waals surface area contributed by atoms with Crippen LogP contribution in [0.5, 0.6) is 0 Å². The summed E-state index contributed by atoms with van der Waals surface area (Å²) in [6, 6.07) is 6.96. The molecule has 0 N–H and O–H groups in total. The number of aliphatic imine (C=N–C) groups is 1. The van der Waals surface area contributed by atoms with Gasteiger partial charge in [-0.2, -0.15) is 0 Å². The Hall–Kier alpha value is -1.00. The zero-order chi connectivity index (χ0) is 12.3. The van der Waals surface area contributed by atoms with E-state index in [9.17, 15) is 4.79 Å². The smallest absolute Gasteiger partial charge is 0.259 e. The quantitative estimate of drug-likeness (QED) is 0.826. The number of hydrogen-bond acceptors (Lipinski definition) is 3. The van der Waals surface area contributed by atoms with Crippen molar-refractivity contribution in [1.29, 1.82) is 0 Å². The van der Waals surface area contributed by atoms with Crippen LogP contribution in [0.4, 0.5) is 0 Å². The van der Waals surface area contributed by atoms with Crippen molar-refractivity contribution in [2.24, 2.45) is 4.99 Å². The van der Waals surface area contributed by atoms with Crippen LogP contribution in [-0.2, 0) is 0 Å². The van der Waals surface area contributed by atoms with Gasteiger partial charge in [-0.3, -0.25) is 14.7 Å². The molecule has 0 saturated heterocycles. The van der Waals surface area contributed by atoms with Crippen LogP contribution in [0.1, 0.15) is 17.3 Å². The van der Waals surface area contributed by atoms with Crippen LogP contribution in [-0.4, -0.2) is 34.8 Å². The molecule has 0 atom stereocenters. The van der Waals surface area contributed by atoms with E-state index >= 15 is 0 Å². The van der Waals surface area contributed by atoms with Crippen LogP contribution < -0.4 is 0 Å². The normalized spacial score (nSPS) is 14.9. The summed E-state index contributed by atoms with van der Waals surface area (Å²) >= 11 is 7.40. The lowest BCUT2D eigenvalue weighted by Crippen LogP contribution is -2.32. The molecule has 5 heteroatoms. The van der Waals surface area contributed by atoms with E-state index in [1.165, 1.54) is 0 Å². The van der Waals surface area contributed by atoms with Crippen molar-refractivity contribution in [3.63, 3.8) is 0 Å². The Morgan fingerprint density at radius 3 is 2.82 bits per heavy atom. The van der Waals surface area contributed by atoms with Crippen LogP contribution in [0, 0.1) is 0 Å². The molecule has 1 aliphatic heterocycles. The number of carbonyl (C=O) groups is 1. The molecule has 1 aromatic carbocycles. The minimum atomic E-state index is -0.00105. The highest BCUT2D eigenvalue weighted by molar-refractivity contribution is 8.13. The van der Waals surface area contributed by atoms with Gasteiger partial charge < -0.3 is 0 Å². The molecule has 0 aliphatic carbocycles. The number of benzene rings is 1. The second-order valence-electron chi connectivity index (χ2n) is 3.56. The summed E-state index contributed by atoms with van der Waals surface area (Å²) in [5.41, 5.74) is 0.653. The molecule has 0 saturated carbocycles. The molecule has 3 nitrogen and oxygen atoms in total. The van der Waals surface area contributed by atoms with Crippen LogP contribution in [0.15, 0.2) is 29.3 Å². The van der Waals surface area contributed by atoms with Crippen LogP contribution >= 0.6 is 23.4 Å². The van der Waals surface area contributed by atoms with Gasteiger partial charge in [0, 0.05) is 17.1 Å². The largest absolute Gasteiger partial charge is 0.286 e. The number of hydrogen-bond donors (Lipinski definition) is 0. The Kier molecular flexibility index (Phi) is 4.07.